The normalized spacial score (nSPS) is 20.1. The van der Waals surface area contributed by atoms with Crippen LogP contribution in [0.3, 0.4) is 0 Å². The Balaban J connectivity index is 1.81. The molecule has 1 amide bonds. The molecule has 4 rings (SSSR count). The molecule has 7 heteroatoms. The number of halogens is 1. The van der Waals surface area contributed by atoms with Gasteiger partial charge >= 0.3 is 0 Å². The van der Waals surface area contributed by atoms with Crippen molar-refractivity contribution in [3.05, 3.63) is 70.5 Å². The molecule has 162 valence electrons. The van der Waals surface area contributed by atoms with Crippen LogP contribution in [0.5, 0.6) is 5.75 Å². The van der Waals surface area contributed by atoms with Gasteiger partial charge in [0.2, 0.25) is 0 Å². The molecule has 0 spiro atoms. The highest BCUT2D eigenvalue weighted by molar-refractivity contribution is 6.46. The highest BCUT2D eigenvalue weighted by Gasteiger charge is 2.45. The first-order valence-corrected chi connectivity index (χ1v) is 10.3. The highest BCUT2D eigenvalue weighted by Crippen LogP contribution is 2.40. The molecule has 31 heavy (non-hydrogen) atoms. The Morgan fingerprint density at radius 3 is 2.65 bits per heavy atom. The molecule has 2 heterocycles. The molecular weight excluding hydrogens is 399 g/mol. The number of nitrogens with zero attached hydrogens (tertiary/aromatic N) is 2. The largest absolute Gasteiger partial charge is 0.507 e. The number of aryl methyl sites for hydroxylation is 1. The van der Waals surface area contributed by atoms with Gasteiger partial charge in [-0.2, -0.15) is 0 Å². The van der Waals surface area contributed by atoms with Gasteiger partial charge in [0.1, 0.15) is 17.3 Å². The van der Waals surface area contributed by atoms with Crippen LogP contribution in [-0.2, 0) is 16.0 Å². The zero-order chi connectivity index (χ0) is 22.1. The number of aliphatic hydroxyl groups excluding tert-OH is 1. The van der Waals surface area contributed by atoms with Crippen LogP contribution in [0.25, 0.3) is 5.76 Å². The number of amides is 1. The number of rotatable bonds is 5. The summed E-state index contributed by atoms with van der Waals surface area (Å²) in [5.41, 5.74) is 2.01. The van der Waals surface area contributed by atoms with Crippen LogP contribution in [0.15, 0.2) is 48.0 Å². The standard InChI is InChI=1S/C24H25FN2O4/c1-26(2)11-12-27-21(15-5-8-18(25)9-6-15)20(23(29)24(27)30)22(28)17-7-10-19-16(14-17)4-3-13-31-19/h5-10,14,21,28H,3-4,11-13H2,1-2H3/b22-20-. The van der Waals surface area contributed by atoms with Crippen molar-refractivity contribution in [3.63, 3.8) is 0 Å². The minimum absolute atomic E-state index is 0.0204. The third kappa shape index (κ3) is 4.05. The van der Waals surface area contributed by atoms with Gasteiger partial charge in [0.25, 0.3) is 11.7 Å². The summed E-state index contributed by atoms with van der Waals surface area (Å²) in [4.78, 5) is 29.2. The van der Waals surface area contributed by atoms with Crippen LogP contribution in [0.1, 0.15) is 29.2 Å². The first kappa shape index (κ1) is 21.1. The molecule has 1 saturated heterocycles. The summed E-state index contributed by atoms with van der Waals surface area (Å²) in [5, 5.41) is 11.1. The molecule has 6 nitrogen and oxygen atoms in total. The molecule has 1 N–H and O–H groups in total. The lowest BCUT2D eigenvalue weighted by Crippen LogP contribution is -2.35. The van der Waals surface area contributed by atoms with Crippen LogP contribution < -0.4 is 4.74 Å². The van der Waals surface area contributed by atoms with Gasteiger partial charge in [-0.3, -0.25) is 9.59 Å². The maximum absolute atomic E-state index is 13.5. The summed E-state index contributed by atoms with van der Waals surface area (Å²) >= 11 is 0. The van der Waals surface area contributed by atoms with Crippen LogP contribution in [-0.4, -0.2) is 60.4 Å². The number of benzene rings is 2. The third-order valence-electron chi connectivity index (χ3n) is 5.70. The number of likely N-dealkylation sites (N-methyl/N-ethyl adjacent to an activating group) is 1. The van der Waals surface area contributed by atoms with E-state index in [-0.39, 0.29) is 11.3 Å². The molecule has 2 aromatic carbocycles. The lowest BCUT2D eigenvalue weighted by Gasteiger charge is -2.26. The molecule has 2 aliphatic rings. The topological polar surface area (TPSA) is 70.1 Å². The van der Waals surface area contributed by atoms with Crippen molar-refractivity contribution in [1.29, 1.82) is 0 Å². The van der Waals surface area contributed by atoms with Crippen molar-refractivity contribution in [2.24, 2.45) is 0 Å². The molecule has 1 unspecified atom stereocenters. The fourth-order valence-electron chi connectivity index (χ4n) is 4.07. The molecule has 0 aliphatic carbocycles. The molecule has 1 atom stereocenters. The van der Waals surface area contributed by atoms with Gasteiger partial charge in [-0.05, 0) is 68.4 Å². The van der Waals surface area contributed by atoms with Crippen LogP contribution in [0.4, 0.5) is 4.39 Å². The smallest absolute Gasteiger partial charge is 0.295 e. The number of aliphatic hydroxyl groups is 1. The summed E-state index contributed by atoms with van der Waals surface area (Å²) in [5.74, 6) is -1.28. The van der Waals surface area contributed by atoms with Crippen LogP contribution in [0, 0.1) is 5.82 Å². The number of ketones is 1. The second kappa shape index (κ2) is 8.51. The summed E-state index contributed by atoms with van der Waals surface area (Å²) < 4.78 is 19.2. The summed E-state index contributed by atoms with van der Waals surface area (Å²) in [7, 11) is 3.75. The first-order valence-electron chi connectivity index (χ1n) is 10.3. The monoisotopic (exact) mass is 424 g/mol. The number of carbonyl (C=O) groups is 2. The number of Topliss-reactive ketones (excluding diaryl/α,β-unsaturated/α-hetero) is 1. The van der Waals surface area contributed by atoms with Crippen molar-refractivity contribution in [1.82, 2.24) is 9.80 Å². The number of likely N-dealkylation sites (tertiary alicyclic amines) is 1. The third-order valence-corrected chi connectivity index (χ3v) is 5.70. The van der Waals surface area contributed by atoms with Gasteiger partial charge < -0.3 is 19.6 Å². The second-order valence-electron chi connectivity index (χ2n) is 8.12. The van der Waals surface area contributed by atoms with Gasteiger partial charge in [-0.15, -0.1) is 0 Å². The van der Waals surface area contributed by atoms with Crippen LogP contribution >= 0.6 is 0 Å². The summed E-state index contributed by atoms with van der Waals surface area (Å²) in [6, 6.07) is 10.2. The zero-order valence-electron chi connectivity index (χ0n) is 17.6. The molecule has 0 aromatic heterocycles. The number of fused-ring (bicyclic) bond motifs is 1. The second-order valence-corrected chi connectivity index (χ2v) is 8.12. The Bertz CT molecular complexity index is 1050. The average molecular weight is 424 g/mol. The Labute approximate surface area is 180 Å². The lowest BCUT2D eigenvalue weighted by molar-refractivity contribution is -0.140. The lowest BCUT2D eigenvalue weighted by atomic mass is 9.94. The summed E-state index contributed by atoms with van der Waals surface area (Å²) in [6.07, 6.45) is 1.69. The maximum Gasteiger partial charge on any atom is 0.295 e. The van der Waals surface area contributed by atoms with E-state index >= 15 is 0 Å². The van der Waals surface area contributed by atoms with Crippen molar-refractivity contribution >= 4 is 17.4 Å². The van der Waals surface area contributed by atoms with E-state index in [9.17, 15) is 19.1 Å². The van der Waals surface area contributed by atoms with Gasteiger partial charge in [0.05, 0.1) is 18.2 Å². The molecular formula is C24H25FN2O4. The Morgan fingerprint density at radius 2 is 1.94 bits per heavy atom. The van der Waals surface area contributed by atoms with Gasteiger partial charge in [-0.1, -0.05) is 12.1 Å². The van der Waals surface area contributed by atoms with E-state index in [1.54, 1.807) is 30.3 Å². The molecule has 0 radical (unpaired) electrons. The quantitative estimate of drug-likeness (QED) is 0.454. The van der Waals surface area contributed by atoms with Crippen molar-refractivity contribution in [3.8, 4) is 5.75 Å². The Kier molecular flexibility index (Phi) is 5.78. The van der Waals surface area contributed by atoms with Gasteiger partial charge in [0.15, 0.2) is 0 Å². The van der Waals surface area contributed by atoms with E-state index in [1.807, 2.05) is 19.0 Å². The molecule has 2 aliphatic heterocycles. The van der Waals surface area contributed by atoms with E-state index in [4.69, 9.17) is 4.74 Å². The fraction of sp³-hybridized carbons (Fsp3) is 0.333. The fourth-order valence-corrected chi connectivity index (χ4v) is 4.07. The molecule has 2 aromatic rings. The highest BCUT2D eigenvalue weighted by atomic mass is 19.1. The first-order chi connectivity index (χ1) is 14.9. The number of ether oxygens (including phenoxy) is 1. The predicted octanol–water partition coefficient (Wildman–Crippen LogP) is 3.13. The van der Waals surface area contributed by atoms with Gasteiger partial charge in [-0.25, -0.2) is 4.39 Å². The van der Waals surface area contributed by atoms with Crippen LogP contribution in [0.2, 0.25) is 0 Å². The number of hydrogen-bond donors (Lipinski definition) is 1. The van der Waals surface area contributed by atoms with E-state index in [0.29, 0.717) is 30.8 Å². The molecule has 0 saturated carbocycles. The number of hydrogen-bond acceptors (Lipinski definition) is 5. The predicted molar refractivity (Wildman–Crippen MR) is 114 cm³/mol. The minimum Gasteiger partial charge on any atom is -0.507 e. The van der Waals surface area contributed by atoms with Crippen molar-refractivity contribution < 1.29 is 23.8 Å². The van der Waals surface area contributed by atoms with Gasteiger partial charge in [0, 0.05) is 18.7 Å². The van der Waals surface area contributed by atoms with Crippen molar-refractivity contribution in [2.75, 3.05) is 33.8 Å². The van der Waals surface area contributed by atoms with E-state index in [0.717, 1.165) is 24.2 Å². The Hall–Kier alpha value is -3.19. The van der Waals surface area contributed by atoms with Crippen molar-refractivity contribution in [2.45, 2.75) is 18.9 Å². The zero-order valence-corrected chi connectivity index (χ0v) is 17.6. The van der Waals surface area contributed by atoms with E-state index in [1.165, 1.54) is 17.0 Å². The van der Waals surface area contributed by atoms with E-state index < -0.39 is 23.5 Å². The molecule has 0 bridgehead atoms. The van der Waals surface area contributed by atoms with E-state index in [2.05, 4.69) is 0 Å². The Morgan fingerprint density at radius 1 is 1.19 bits per heavy atom. The summed E-state index contributed by atoms with van der Waals surface area (Å²) in [6.45, 7) is 1.50. The maximum atomic E-state index is 13.5. The average Bonchev–Trinajstić information content (AvgIpc) is 3.02. The minimum atomic E-state index is -0.784. The molecule has 1 fully saturated rings. The number of carbonyl (C=O) groups excluding carboxylic acids is 2. The SMILES string of the molecule is CN(C)CCN1C(=O)C(=O)/C(=C(\O)c2ccc3c(c2)CCCO3)C1c1ccc(F)cc1.